The molecule has 52 heavy (non-hydrogen) atoms. The number of aliphatic hydroxyl groups excluding tert-OH is 1. The fourth-order valence-electron chi connectivity index (χ4n) is 6.92. The molecule has 0 saturated heterocycles. The molecule has 2 N–H and O–H groups in total. The Morgan fingerprint density at radius 2 is 1.48 bits per heavy atom. The Balaban J connectivity index is 1.24. The third-order valence-corrected chi connectivity index (χ3v) is 9.66. The maximum absolute atomic E-state index is 14.4. The van der Waals surface area contributed by atoms with Gasteiger partial charge in [0.15, 0.2) is 11.4 Å². The van der Waals surface area contributed by atoms with Gasteiger partial charge < -0.3 is 24.7 Å². The highest BCUT2D eigenvalue weighted by Gasteiger charge is 2.53. The number of para-hydroxylation sites is 3. The molecule has 0 spiro atoms. The van der Waals surface area contributed by atoms with Crippen LogP contribution in [-0.4, -0.2) is 46.0 Å². The van der Waals surface area contributed by atoms with Crippen molar-refractivity contribution in [3.8, 4) is 11.5 Å². The fraction of sp³-hybridized carbons (Fsp3) is 0.186. The van der Waals surface area contributed by atoms with Gasteiger partial charge in [-0.15, -0.1) is 0 Å². The third kappa shape index (κ3) is 6.48. The fourth-order valence-corrected chi connectivity index (χ4v) is 6.92. The lowest BCUT2D eigenvalue weighted by Crippen LogP contribution is -2.44. The van der Waals surface area contributed by atoms with Crippen molar-refractivity contribution in [3.05, 3.63) is 162 Å². The zero-order valence-corrected chi connectivity index (χ0v) is 28.8. The van der Waals surface area contributed by atoms with Crippen LogP contribution >= 0.6 is 0 Å². The Kier molecular flexibility index (Phi) is 9.71. The van der Waals surface area contributed by atoms with E-state index in [9.17, 15) is 24.6 Å². The predicted molar refractivity (Wildman–Crippen MR) is 199 cm³/mol. The third-order valence-electron chi connectivity index (χ3n) is 9.66. The molecule has 5 aromatic rings. The highest BCUT2D eigenvalue weighted by Crippen LogP contribution is 2.49. The van der Waals surface area contributed by atoms with Crippen molar-refractivity contribution in [2.45, 2.75) is 32.0 Å². The number of ether oxygens (including phenoxy) is 1. The molecule has 0 aliphatic carbocycles. The first-order valence-electron chi connectivity index (χ1n) is 17.3. The second-order valence-corrected chi connectivity index (χ2v) is 13.0. The number of anilines is 3. The summed E-state index contributed by atoms with van der Waals surface area (Å²) in [5.41, 5.74) is 2.04. The zero-order valence-electron chi connectivity index (χ0n) is 28.8. The number of carbonyl (C=O) groups is 3. The summed E-state index contributed by atoms with van der Waals surface area (Å²) in [5, 5.41) is 22.2. The summed E-state index contributed by atoms with van der Waals surface area (Å²) in [6, 6.07) is 38.6. The van der Waals surface area contributed by atoms with Crippen LogP contribution in [-0.2, 0) is 28.3 Å². The van der Waals surface area contributed by atoms with E-state index < -0.39 is 17.4 Å². The van der Waals surface area contributed by atoms with Crippen molar-refractivity contribution in [3.63, 3.8) is 0 Å². The van der Waals surface area contributed by atoms with E-state index in [0.717, 1.165) is 11.1 Å². The van der Waals surface area contributed by atoms with E-state index in [1.54, 1.807) is 82.3 Å². The van der Waals surface area contributed by atoms with Gasteiger partial charge in [-0.05, 0) is 53.6 Å². The molecule has 2 atom stereocenters. The molecule has 0 unspecified atom stereocenters. The van der Waals surface area contributed by atoms with Crippen molar-refractivity contribution >= 4 is 34.8 Å². The summed E-state index contributed by atoms with van der Waals surface area (Å²) in [6.07, 6.45) is 3.37. The normalized spacial score (nSPS) is 16.9. The SMILES string of the molecule is C[C@@H](/C=C/CC(=O)N(CCO)Cc1ccccc1)[C@]1(O)C(=O)N(Cc2ccccc2)c2ccc(N3C(=O)c4ccccc4Oc4ccccc43)cc21. The Labute approximate surface area is 302 Å². The molecule has 262 valence electrons. The van der Waals surface area contributed by atoms with Gasteiger partial charge in [0, 0.05) is 36.7 Å². The number of carbonyl (C=O) groups excluding carboxylic acids is 3. The van der Waals surface area contributed by atoms with Crippen molar-refractivity contribution in [1.82, 2.24) is 4.90 Å². The summed E-state index contributed by atoms with van der Waals surface area (Å²) in [5.74, 6) is -0.863. The quantitative estimate of drug-likeness (QED) is 0.143. The summed E-state index contributed by atoms with van der Waals surface area (Å²) in [6.45, 7) is 2.33. The molecule has 2 aliphatic rings. The highest BCUT2D eigenvalue weighted by atomic mass is 16.5. The molecule has 7 rings (SSSR count). The second kappa shape index (κ2) is 14.7. The van der Waals surface area contributed by atoms with Crippen LogP contribution < -0.4 is 14.5 Å². The minimum absolute atomic E-state index is 0.0144. The smallest absolute Gasteiger partial charge is 0.266 e. The number of fused-ring (bicyclic) bond motifs is 3. The number of rotatable bonds is 11. The van der Waals surface area contributed by atoms with Gasteiger partial charge in [-0.25, -0.2) is 0 Å². The van der Waals surface area contributed by atoms with Gasteiger partial charge in [-0.2, -0.15) is 0 Å². The average molecular weight is 694 g/mol. The standard InChI is InChI=1S/C43H39N3O6/c1-30(13-12-22-40(48)44(25-26-47)28-31-14-4-2-5-15-31)43(51)35-27-33(23-24-36(35)45(42(43)50)29-32-16-6-3-7-17-32)46-37-19-9-11-21-39(37)52-38-20-10-8-18-34(38)41(46)49/h2-21,23-24,27,30,47,51H,22,25-26,28-29H2,1H3/b13-12+/t30-,43+/m0/s1. The largest absolute Gasteiger partial charge is 0.454 e. The topological polar surface area (TPSA) is 111 Å². The van der Waals surface area contributed by atoms with Gasteiger partial charge in [-0.1, -0.05) is 104 Å². The number of hydrogen-bond donors (Lipinski definition) is 2. The number of hydrogen-bond acceptors (Lipinski definition) is 6. The minimum atomic E-state index is -2.02. The van der Waals surface area contributed by atoms with Crippen LogP contribution in [0.1, 0.15) is 40.4 Å². The molecule has 0 radical (unpaired) electrons. The molecule has 5 aromatic carbocycles. The van der Waals surface area contributed by atoms with E-state index in [0.29, 0.717) is 46.2 Å². The second-order valence-electron chi connectivity index (χ2n) is 13.0. The molecular weight excluding hydrogens is 654 g/mol. The van der Waals surface area contributed by atoms with Crippen LogP contribution in [0.25, 0.3) is 0 Å². The molecule has 0 saturated carbocycles. The highest BCUT2D eigenvalue weighted by molar-refractivity contribution is 6.15. The lowest BCUT2D eigenvalue weighted by atomic mass is 9.82. The zero-order chi connectivity index (χ0) is 36.2. The Hall–Kier alpha value is -6.03. The predicted octanol–water partition coefficient (Wildman–Crippen LogP) is 7.11. The summed E-state index contributed by atoms with van der Waals surface area (Å²) in [4.78, 5) is 46.7. The number of benzene rings is 5. The van der Waals surface area contributed by atoms with Crippen LogP contribution in [0.2, 0.25) is 0 Å². The van der Waals surface area contributed by atoms with Crippen molar-refractivity contribution in [2.24, 2.45) is 5.92 Å². The molecule has 3 amide bonds. The van der Waals surface area contributed by atoms with E-state index in [-0.39, 0.29) is 37.9 Å². The summed E-state index contributed by atoms with van der Waals surface area (Å²) >= 11 is 0. The van der Waals surface area contributed by atoms with Crippen LogP contribution in [0.4, 0.5) is 17.1 Å². The van der Waals surface area contributed by atoms with Gasteiger partial charge in [0.2, 0.25) is 5.91 Å². The lowest BCUT2D eigenvalue weighted by molar-refractivity contribution is -0.139. The molecule has 2 heterocycles. The van der Waals surface area contributed by atoms with Crippen LogP contribution in [0, 0.1) is 5.92 Å². The number of aliphatic hydroxyl groups is 2. The van der Waals surface area contributed by atoms with Crippen LogP contribution in [0.5, 0.6) is 11.5 Å². The van der Waals surface area contributed by atoms with Crippen LogP contribution in [0.3, 0.4) is 0 Å². The van der Waals surface area contributed by atoms with E-state index in [2.05, 4.69) is 0 Å². The molecule has 0 aromatic heterocycles. The molecule has 9 nitrogen and oxygen atoms in total. The maximum Gasteiger partial charge on any atom is 0.266 e. The van der Waals surface area contributed by atoms with Crippen molar-refractivity contribution in [2.75, 3.05) is 23.0 Å². The first-order valence-corrected chi connectivity index (χ1v) is 17.3. The Bertz CT molecular complexity index is 2140. The van der Waals surface area contributed by atoms with E-state index in [1.165, 1.54) is 0 Å². The van der Waals surface area contributed by atoms with E-state index in [4.69, 9.17) is 4.74 Å². The lowest BCUT2D eigenvalue weighted by Gasteiger charge is -2.29. The van der Waals surface area contributed by atoms with Crippen molar-refractivity contribution in [1.29, 1.82) is 0 Å². The van der Waals surface area contributed by atoms with E-state index in [1.807, 2.05) is 78.9 Å². The van der Waals surface area contributed by atoms with Crippen molar-refractivity contribution < 1.29 is 29.3 Å². The molecule has 0 bridgehead atoms. The first kappa shape index (κ1) is 34.4. The van der Waals surface area contributed by atoms with Gasteiger partial charge in [0.25, 0.3) is 11.8 Å². The monoisotopic (exact) mass is 693 g/mol. The van der Waals surface area contributed by atoms with Gasteiger partial charge in [0.05, 0.1) is 30.1 Å². The Morgan fingerprint density at radius 3 is 2.21 bits per heavy atom. The molecular formula is C43H39N3O6. The van der Waals surface area contributed by atoms with E-state index >= 15 is 0 Å². The average Bonchev–Trinajstić information content (AvgIpc) is 3.29. The molecule has 9 heteroatoms. The van der Waals surface area contributed by atoms with Gasteiger partial charge in [-0.3, -0.25) is 19.3 Å². The summed E-state index contributed by atoms with van der Waals surface area (Å²) in [7, 11) is 0. The maximum atomic E-state index is 14.4. The molecule has 2 aliphatic heterocycles. The summed E-state index contributed by atoms with van der Waals surface area (Å²) < 4.78 is 6.20. The van der Waals surface area contributed by atoms with Gasteiger partial charge in [0.1, 0.15) is 5.75 Å². The molecule has 0 fully saturated rings. The van der Waals surface area contributed by atoms with Gasteiger partial charge >= 0.3 is 0 Å². The first-order chi connectivity index (χ1) is 25.3. The minimum Gasteiger partial charge on any atom is -0.454 e. The number of amides is 3. The Morgan fingerprint density at radius 1 is 0.827 bits per heavy atom. The number of nitrogens with zero attached hydrogens (tertiary/aromatic N) is 3. The van der Waals surface area contributed by atoms with Crippen LogP contribution in [0.15, 0.2) is 140 Å².